The van der Waals surface area contributed by atoms with Gasteiger partial charge in [0, 0.05) is 10.4 Å². The molecule has 64 valence electrons. The van der Waals surface area contributed by atoms with Gasteiger partial charge in [-0.3, -0.25) is 8.42 Å². The minimum absolute atomic E-state index is 0. The Balaban J connectivity index is -0.0000000457. The van der Waals surface area contributed by atoms with Gasteiger partial charge >= 0.3 is 88.8 Å². The molecular formula is H3KNaO8PS. The molecule has 0 aromatic rings. The van der Waals surface area contributed by atoms with Crippen LogP contribution in [0.4, 0.5) is 0 Å². The van der Waals surface area contributed by atoms with Crippen molar-refractivity contribution >= 4 is 18.2 Å². The van der Waals surface area contributed by atoms with Crippen LogP contribution in [-0.2, 0) is 15.0 Å². The Labute approximate surface area is 133 Å². The smallest absolute Gasteiger partial charge is 0.759 e. The molecule has 0 saturated carbocycles. The number of hydrogen-bond acceptors (Lipinski definition) is 5. The van der Waals surface area contributed by atoms with Gasteiger partial charge in [0.1, 0.15) is 0 Å². The molecule has 0 aromatic carbocycles. The van der Waals surface area contributed by atoms with E-state index < -0.39 is 18.2 Å². The second-order valence-corrected chi connectivity index (χ2v) is 2.76. The molecule has 0 heterocycles. The van der Waals surface area contributed by atoms with Crippen LogP contribution in [0.15, 0.2) is 0 Å². The van der Waals surface area contributed by atoms with Crippen LogP contribution >= 0.6 is 7.82 Å². The molecule has 0 spiro atoms. The van der Waals surface area contributed by atoms with E-state index in [1.807, 2.05) is 0 Å². The maximum absolute atomic E-state index is 8.88. The van der Waals surface area contributed by atoms with E-state index in [9.17, 15) is 0 Å². The summed E-state index contributed by atoms with van der Waals surface area (Å²) in [5.41, 5.74) is 0. The van der Waals surface area contributed by atoms with E-state index in [0.717, 1.165) is 0 Å². The van der Waals surface area contributed by atoms with E-state index in [0.29, 0.717) is 0 Å². The normalized spacial score (nSPS) is 9.75. The molecule has 0 aromatic heterocycles. The van der Waals surface area contributed by atoms with Crippen LogP contribution in [0.2, 0.25) is 0 Å². The third-order valence-electron chi connectivity index (χ3n) is 0. The van der Waals surface area contributed by atoms with Crippen LogP contribution in [0, 0.1) is 0 Å². The molecule has 0 saturated heterocycles. The summed E-state index contributed by atoms with van der Waals surface area (Å²) in [6, 6.07) is 0. The molecule has 0 amide bonds. The van der Waals surface area contributed by atoms with E-state index in [-0.39, 0.29) is 80.9 Å². The molecule has 0 unspecified atom stereocenters. The monoisotopic (exact) mass is 256 g/mol. The molecule has 0 rings (SSSR count). The fraction of sp³-hybridized carbons (Fsp3) is 0. The predicted octanol–water partition coefficient (Wildman–Crippen LogP) is -8.26. The number of hydrogen-bond donors (Lipinski definition) is 3. The summed E-state index contributed by atoms with van der Waals surface area (Å²) >= 11 is 0. The zero-order valence-electron chi connectivity index (χ0n) is 6.24. The quantitative estimate of drug-likeness (QED) is 0.167. The van der Waals surface area contributed by atoms with Crippen molar-refractivity contribution in [2.24, 2.45) is 0 Å². The fourth-order valence-corrected chi connectivity index (χ4v) is 0. The van der Waals surface area contributed by atoms with Gasteiger partial charge in [-0.15, -0.1) is 0 Å². The Kier molecular flexibility index (Phi) is 20.3. The van der Waals surface area contributed by atoms with Crippen LogP contribution < -0.4 is 80.9 Å². The Bertz CT molecular complexity index is 197. The summed E-state index contributed by atoms with van der Waals surface area (Å²) in [7, 11) is -9.81. The third kappa shape index (κ3) is 249. The standard InChI is InChI=1S/K.Na.H3O4P.H2O4S/c;;2*1-5(2,3)4/h;;(H3,1,2,3,4);(H2,1,2,3,4)/q2*+1;;/p-2. The molecule has 0 bridgehead atoms. The second-order valence-electron chi connectivity index (χ2n) is 0.922. The van der Waals surface area contributed by atoms with Crippen LogP contribution in [0.3, 0.4) is 0 Å². The topological polar surface area (TPSA) is 158 Å². The van der Waals surface area contributed by atoms with Crippen LogP contribution in [0.1, 0.15) is 0 Å². The van der Waals surface area contributed by atoms with Gasteiger partial charge in [0.15, 0.2) is 0 Å². The maximum Gasteiger partial charge on any atom is 1.00 e. The van der Waals surface area contributed by atoms with Crippen molar-refractivity contribution in [3.8, 4) is 0 Å². The van der Waals surface area contributed by atoms with Crippen LogP contribution in [0.5, 0.6) is 0 Å². The van der Waals surface area contributed by atoms with E-state index in [2.05, 4.69) is 0 Å². The zero-order valence-corrected chi connectivity index (χ0v) is 13.1. The maximum atomic E-state index is 8.88. The SMILES string of the molecule is O=P(O)(O)O.O=S(=O)([O-])[O-].[K+].[Na+]. The predicted molar refractivity (Wildman–Crippen MR) is 24.7 cm³/mol. The molecule has 0 atom stereocenters. The van der Waals surface area contributed by atoms with E-state index in [1.165, 1.54) is 0 Å². The molecule has 12 heteroatoms. The first kappa shape index (κ1) is 24.0. The van der Waals surface area contributed by atoms with Crippen molar-refractivity contribution in [1.29, 1.82) is 0 Å². The average molecular weight is 256 g/mol. The Morgan fingerprint density at radius 2 is 1.08 bits per heavy atom. The van der Waals surface area contributed by atoms with Gasteiger partial charge in [-0.1, -0.05) is 0 Å². The summed E-state index contributed by atoms with van der Waals surface area (Å²) in [6.45, 7) is 0. The average Bonchev–Trinajstić information content (AvgIpc) is 1.12. The van der Waals surface area contributed by atoms with E-state index in [1.54, 1.807) is 0 Å². The van der Waals surface area contributed by atoms with Crippen LogP contribution in [-0.4, -0.2) is 32.2 Å². The van der Waals surface area contributed by atoms with E-state index in [4.69, 9.17) is 36.8 Å². The van der Waals surface area contributed by atoms with Gasteiger partial charge in [0.05, 0.1) is 0 Å². The zero-order chi connectivity index (χ0) is 9.00. The molecule has 0 aliphatic carbocycles. The number of rotatable bonds is 0. The first-order chi connectivity index (χ1) is 4.00. The van der Waals surface area contributed by atoms with Gasteiger partial charge in [-0.05, 0) is 0 Å². The summed E-state index contributed by atoms with van der Waals surface area (Å²) in [6.07, 6.45) is 0. The van der Waals surface area contributed by atoms with Gasteiger partial charge in [-0.2, -0.15) is 0 Å². The summed E-state index contributed by atoms with van der Waals surface area (Å²) in [5, 5.41) is 0. The number of phosphoric acid groups is 1. The molecule has 0 aliphatic rings. The fourth-order valence-electron chi connectivity index (χ4n) is 0. The summed E-state index contributed by atoms with van der Waals surface area (Å²) in [4.78, 5) is 21.6. The molecule has 0 aliphatic heterocycles. The largest absolute Gasteiger partial charge is 1.00 e. The summed E-state index contributed by atoms with van der Waals surface area (Å²) in [5.74, 6) is 0. The molecule has 0 radical (unpaired) electrons. The van der Waals surface area contributed by atoms with Gasteiger partial charge in [0.2, 0.25) is 0 Å². The van der Waals surface area contributed by atoms with Crippen molar-refractivity contribution in [2.75, 3.05) is 0 Å². The molecule has 8 nitrogen and oxygen atoms in total. The Morgan fingerprint density at radius 1 is 1.08 bits per heavy atom. The van der Waals surface area contributed by atoms with Gasteiger partial charge in [-0.25, -0.2) is 4.57 Å². The van der Waals surface area contributed by atoms with Crippen LogP contribution in [0.25, 0.3) is 0 Å². The van der Waals surface area contributed by atoms with E-state index >= 15 is 0 Å². The molecule has 12 heavy (non-hydrogen) atoms. The Morgan fingerprint density at radius 3 is 1.08 bits per heavy atom. The van der Waals surface area contributed by atoms with Crippen molar-refractivity contribution < 1.29 is 118 Å². The molecule has 0 fully saturated rings. The minimum Gasteiger partial charge on any atom is -0.759 e. The van der Waals surface area contributed by atoms with Crippen molar-refractivity contribution in [3.63, 3.8) is 0 Å². The summed E-state index contributed by atoms with van der Waals surface area (Å²) < 4.78 is 43.0. The second kappa shape index (κ2) is 10.1. The Hall–Kier alpha value is 2.62. The van der Waals surface area contributed by atoms with Crippen molar-refractivity contribution in [2.45, 2.75) is 0 Å². The third-order valence-corrected chi connectivity index (χ3v) is 0. The van der Waals surface area contributed by atoms with Crippen molar-refractivity contribution in [1.82, 2.24) is 0 Å². The van der Waals surface area contributed by atoms with Gasteiger partial charge in [0.25, 0.3) is 0 Å². The minimum atomic E-state index is -5.17. The molecular weight excluding hydrogens is 253 g/mol. The molecule has 3 N–H and O–H groups in total. The first-order valence-electron chi connectivity index (χ1n) is 1.45. The first-order valence-corrected chi connectivity index (χ1v) is 4.35. The van der Waals surface area contributed by atoms with Gasteiger partial charge < -0.3 is 23.8 Å². The van der Waals surface area contributed by atoms with Crippen molar-refractivity contribution in [3.05, 3.63) is 0 Å².